The molecule has 0 spiro atoms. The lowest BCUT2D eigenvalue weighted by Gasteiger charge is -2.29. The lowest BCUT2D eigenvalue weighted by atomic mass is 10.1. The highest BCUT2D eigenvalue weighted by Crippen LogP contribution is 2.36. The molecule has 0 saturated heterocycles. The number of halogens is 2. The Hall–Kier alpha value is -3.64. The number of rotatable bonds is 14. The Morgan fingerprint density at radius 3 is 2.53 bits per heavy atom. The van der Waals surface area contributed by atoms with Gasteiger partial charge in [0.15, 0.2) is 0 Å². The summed E-state index contributed by atoms with van der Waals surface area (Å²) >= 11 is 8.04. The number of hydrogen-bond acceptors (Lipinski definition) is 9. The first kappa shape index (κ1) is 32.7. The third kappa shape index (κ3) is 8.55. The van der Waals surface area contributed by atoms with Gasteiger partial charge in [-0.1, -0.05) is 37.6 Å². The molecule has 1 N–H and O–H groups in total. The molecule has 0 aliphatic carbocycles. The van der Waals surface area contributed by atoms with Crippen LogP contribution in [0, 0.1) is 5.82 Å². The predicted molar refractivity (Wildman–Crippen MR) is 181 cm³/mol. The van der Waals surface area contributed by atoms with Gasteiger partial charge >= 0.3 is 0 Å². The molecule has 1 atom stereocenters. The lowest BCUT2D eigenvalue weighted by Crippen LogP contribution is -2.34. The molecule has 0 aliphatic rings. The monoisotopic (exact) mass is 667 g/mol. The normalized spacial score (nSPS) is 12.5. The van der Waals surface area contributed by atoms with Crippen molar-refractivity contribution < 1.29 is 17.5 Å². The van der Waals surface area contributed by atoms with E-state index in [0.29, 0.717) is 27.8 Å². The maximum absolute atomic E-state index is 13.5. The van der Waals surface area contributed by atoms with Crippen LogP contribution in [0.15, 0.2) is 73.2 Å². The number of thiazole rings is 1. The highest BCUT2D eigenvalue weighted by atomic mass is 35.5. The van der Waals surface area contributed by atoms with E-state index in [4.69, 9.17) is 21.3 Å². The molecular weight excluding hydrogens is 633 g/mol. The predicted octanol–water partition coefficient (Wildman–Crippen LogP) is 8.08. The number of sulfone groups is 1. The average Bonchev–Trinajstić information content (AvgIpc) is 3.49. The van der Waals surface area contributed by atoms with Crippen molar-refractivity contribution in [2.45, 2.75) is 39.3 Å². The molecule has 3 aromatic carbocycles. The molecule has 12 heteroatoms. The van der Waals surface area contributed by atoms with Gasteiger partial charge in [0.05, 0.1) is 22.3 Å². The number of nitrogens with one attached hydrogen (secondary N) is 1. The topological polar surface area (TPSA) is 97.3 Å². The number of benzene rings is 3. The molecule has 45 heavy (non-hydrogen) atoms. The smallest absolute Gasteiger partial charge is 0.149 e. The van der Waals surface area contributed by atoms with E-state index in [2.05, 4.69) is 34.0 Å². The van der Waals surface area contributed by atoms with Gasteiger partial charge < -0.3 is 10.1 Å². The summed E-state index contributed by atoms with van der Waals surface area (Å²) in [5.41, 5.74) is 3.04. The minimum absolute atomic E-state index is 0.0471. The Bertz CT molecular complexity index is 1880. The maximum atomic E-state index is 13.5. The van der Waals surface area contributed by atoms with Crippen molar-refractivity contribution in [3.05, 3.63) is 94.5 Å². The zero-order valence-electron chi connectivity index (χ0n) is 25.3. The summed E-state index contributed by atoms with van der Waals surface area (Å²) in [5, 5.41) is 5.31. The highest BCUT2D eigenvalue weighted by molar-refractivity contribution is 7.90. The molecule has 0 bridgehead atoms. The van der Waals surface area contributed by atoms with Gasteiger partial charge in [0.25, 0.3) is 0 Å². The Labute approximate surface area is 272 Å². The third-order valence-electron chi connectivity index (χ3n) is 7.14. The fraction of sp³-hybridized carbons (Fsp3) is 0.303. The third-order valence-corrected chi connectivity index (χ3v) is 9.50. The number of nitrogens with zero attached hydrogens (tertiary/aromatic N) is 4. The summed E-state index contributed by atoms with van der Waals surface area (Å²) in [6, 6.07) is 17.2. The minimum Gasteiger partial charge on any atom is -0.487 e. The zero-order chi connectivity index (χ0) is 32.0. The maximum Gasteiger partial charge on any atom is 0.149 e. The van der Waals surface area contributed by atoms with E-state index in [1.165, 1.54) is 36.1 Å². The highest BCUT2D eigenvalue weighted by Gasteiger charge is 2.26. The van der Waals surface area contributed by atoms with Gasteiger partial charge in [0.2, 0.25) is 0 Å². The fourth-order valence-corrected chi connectivity index (χ4v) is 7.49. The van der Waals surface area contributed by atoms with Crippen molar-refractivity contribution >= 4 is 55.2 Å². The van der Waals surface area contributed by atoms with Crippen LogP contribution in [0.3, 0.4) is 0 Å². The number of aromatic nitrogens is 3. The van der Waals surface area contributed by atoms with E-state index in [1.54, 1.807) is 30.5 Å². The molecule has 5 rings (SSSR count). The van der Waals surface area contributed by atoms with Crippen molar-refractivity contribution in [2.24, 2.45) is 0 Å². The van der Waals surface area contributed by atoms with Crippen molar-refractivity contribution in [2.75, 3.05) is 30.4 Å². The van der Waals surface area contributed by atoms with Crippen LogP contribution in [0.5, 0.6) is 5.75 Å². The van der Waals surface area contributed by atoms with E-state index < -0.39 is 9.84 Å². The van der Waals surface area contributed by atoms with Gasteiger partial charge in [-0.05, 0) is 80.0 Å². The van der Waals surface area contributed by atoms with Crippen LogP contribution in [-0.4, -0.2) is 53.4 Å². The van der Waals surface area contributed by atoms with Gasteiger partial charge in [0, 0.05) is 34.0 Å². The first-order valence-corrected chi connectivity index (χ1v) is 18.0. The molecule has 5 aromatic rings. The second kappa shape index (κ2) is 14.6. The van der Waals surface area contributed by atoms with Crippen molar-refractivity contribution in [1.29, 1.82) is 0 Å². The molecule has 0 aliphatic heterocycles. The molecule has 0 saturated carbocycles. The Kier molecular flexibility index (Phi) is 10.7. The van der Waals surface area contributed by atoms with Gasteiger partial charge in [0.1, 0.15) is 45.2 Å². The summed E-state index contributed by atoms with van der Waals surface area (Å²) in [6.07, 6.45) is 6.45. The van der Waals surface area contributed by atoms with Crippen molar-refractivity contribution in [3.8, 4) is 16.3 Å². The summed E-state index contributed by atoms with van der Waals surface area (Å²) in [4.78, 5) is 16.8. The van der Waals surface area contributed by atoms with E-state index in [1.807, 2.05) is 24.3 Å². The summed E-state index contributed by atoms with van der Waals surface area (Å²) in [7, 11) is -3.21. The molecule has 0 fully saturated rings. The van der Waals surface area contributed by atoms with E-state index in [-0.39, 0.29) is 24.2 Å². The molecule has 0 amide bonds. The van der Waals surface area contributed by atoms with Crippen LogP contribution in [0.2, 0.25) is 5.02 Å². The van der Waals surface area contributed by atoms with Gasteiger partial charge in [-0.25, -0.2) is 27.8 Å². The summed E-state index contributed by atoms with van der Waals surface area (Å²) in [6.45, 7) is 6.02. The average molecular weight is 668 g/mol. The summed E-state index contributed by atoms with van der Waals surface area (Å²) < 4.78 is 44.1. The van der Waals surface area contributed by atoms with Crippen LogP contribution in [0.4, 0.5) is 15.9 Å². The second-order valence-corrected chi connectivity index (χ2v) is 14.5. The van der Waals surface area contributed by atoms with E-state index in [0.717, 1.165) is 52.3 Å². The first-order valence-electron chi connectivity index (χ1n) is 14.7. The SMILES string of the molecule is CCCN(CCC)[C@H](CS(C)(=O)=O)c1cnc(-c2ccc3ncnc(Nc4ccc(OCc5cccc(F)c5)c(Cl)c4)c3c2)s1. The Morgan fingerprint density at radius 2 is 1.82 bits per heavy atom. The van der Waals surface area contributed by atoms with Crippen molar-refractivity contribution in [3.63, 3.8) is 0 Å². The van der Waals surface area contributed by atoms with E-state index in [9.17, 15) is 12.8 Å². The van der Waals surface area contributed by atoms with E-state index >= 15 is 0 Å². The quantitative estimate of drug-likeness (QED) is 0.127. The van der Waals surface area contributed by atoms with Crippen LogP contribution in [-0.2, 0) is 16.4 Å². The van der Waals surface area contributed by atoms with Gasteiger partial charge in [-0.2, -0.15) is 0 Å². The first-order chi connectivity index (χ1) is 21.6. The molecule has 236 valence electrons. The second-order valence-electron chi connectivity index (χ2n) is 10.9. The molecule has 2 heterocycles. The number of hydrogen-bond donors (Lipinski definition) is 1. The molecular formula is C33H35ClFN5O3S2. The number of fused-ring (bicyclic) bond motifs is 1. The number of anilines is 2. The Balaban J connectivity index is 1.39. The van der Waals surface area contributed by atoms with Crippen LogP contribution >= 0.6 is 22.9 Å². The van der Waals surface area contributed by atoms with Gasteiger partial charge in [-0.15, -0.1) is 11.3 Å². The van der Waals surface area contributed by atoms with Crippen LogP contribution in [0.1, 0.15) is 43.2 Å². The molecule has 0 unspecified atom stereocenters. The zero-order valence-corrected chi connectivity index (χ0v) is 27.7. The van der Waals surface area contributed by atoms with Crippen LogP contribution < -0.4 is 10.1 Å². The molecule has 2 aromatic heterocycles. The van der Waals surface area contributed by atoms with Crippen LogP contribution in [0.25, 0.3) is 21.5 Å². The Morgan fingerprint density at radius 1 is 1.02 bits per heavy atom. The van der Waals surface area contributed by atoms with Crippen molar-refractivity contribution in [1.82, 2.24) is 19.9 Å². The minimum atomic E-state index is -3.21. The van der Waals surface area contributed by atoms with Gasteiger partial charge in [-0.3, -0.25) is 4.90 Å². The molecule has 0 radical (unpaired) electrons. The standard InChI is InChI=1S/C33H35ClFN5O3S2/c1-4-13-40(14-5-2)29(20-45(3,41)42)31-18-36-33(44-31)23-9-11-28-26(16-23)32(38-21-37-28)39-25-10-12-30(27(34)17-25)43-19-22-7-6-8-24(35)15-22/h6-12,15-18,21,29H,4-5,13-14,19-20H2,1-3H3,(H,37,38,39)/t29-/m1/s1. The fourth-order valence-electron chi connectivity index (χ4n) is 5.14. The summed E-state index contributed by atoms with van der Waals surface area (Å²) in [5.74, 6) is 0.798. The lowest BCUT2D eigenvalue weighted by molar-refractivity contribution is 0.215. The number of ether oxygens (including phenoxy) is 1. The molecule has 8 nitrogen and oxygen atoms in total. The largest absolute Gasteiger partial charge is 0.487 e.